The van der Waals surface area contributed by atoms with E-state index in [2.05, 4.69) is 186 Å². The lowest BCUT2D eigenvalue weighted by atomic mass is 10.1. The van der Waals surface area contributed by atoms with Crippen LogP contribution in [0.15, 0.2) is 194 Å². The van der Waals surface area contributed by atoms with Crippen molar-refractivity contribution < 1.29 is 80.2 Å². The topological polar surface area (TPSA) is 237 Å². The molecule has 108 heavy (non-hydrogen) atoms. The number of phosphoric acid groups is 2. The zero-order valence-electron chi connectivity index (χ0n) is 66.7. The van der Waals surface area contributed by atoms with E-state index >= 15 is 0 Å². The first-order valence-electron chi connectivity index (χ1n) is 40.7. The van der Waals surface area contributed by atoms with Crippen molar-refractivity contribution in [1.29, 1.82) is 0 Å². The van der Waals surface area contributed by atoms with E-state index in [0.29, 0.717) is 32.1 Å². The molecule has 0 rings (SSSR count). The van der Waals surface area contributed by atoms with Crippen LogP contribution in [0.25, 0.3) is 0 Å². The van der Waals surface area contributed by atoms with Crippen molar-refractivity contribution in [2.45, 2.75) is 303 Å². The molecular weight excluding hydrogens is 1400 g/mol. The lowest BCUT2D eigenvalue weighted by Gasteiger charge is -2.21. The Balaban J connectivity index is 5.52. The Kier molecular flexibility index (Phi) is 74.5. The number of allylic oxidation sites excluding steroid dienone is 31. The van der Waals surface area contributed by atoms with Crippen molar-refractivity contribution in [3.05, 3.63) is 194 Å². The van der Waals surface area contributed by atoms with Gasteiger partial charge in [-0.1, -0.05) is 293 Å². The molecule has 0 aromatic carbocycles. The highest BCUT2D eigenvalue weighted by molar-refractivity contribution is 7.47. The van der Waals surface area contributed by atoms with Crippen molar-refractivity contribution in [3.63, 3.8) is 0 Å². The Morgan fingerprint density at radius 3 is 0.861 bits per heavy atom. The number of aliphatic hydroxyl groups is 1. The van der Waals surface area contributed by atoms with E-state index in [4.69, 9.17) is 37.0 Å². The van der Waals surface area contributed by atoms with Crippen LogP contribution in [0.1, 0.15) is 285 Å². The van der Waals surface area contributed by atoms with Crippen LogP contribution in [0.4, 0.5) is 0 Å². The summed E-state index contributed by atoms with van der Waals surface area (Å²) in [5.74, 6) is -2.43. The fourth-order valence-electron chi connectivity index (χ4n) is 10.00. The number of ether oxygens (including phenoxy) is 4. The van der Waals surface area contributed by atoms with Gasteiger partial charge in [-0.25, -0.2) is 9.13 Å². The predicted molar refractivity (Wildman–Crippen MR) is 445 cm³/mol. The molecule has 0 saturated heterocycles. The molecule has 5 atom stereocenters. The van der Waals surface area contributed by atoms with Gasteiger partial charge in [0, 0.05) is 19.3 Å². The minimum Gasteiger partial charge on any atom is -0.462 e. The van der Waals surface area contributed by atoms with Gasteiger partial charge in [-0.15, -0.1) is 0 Å². The first-order chi connectivity index (χ1) is 52.7. The fourth-order valence-corrected chi connectivity index (χ4v) is 11.6. The number of hydrogen-bond donors (Lipinski definition) is 3. The summed E-state index contributed by atoms with van der Waals surface area (Å²) in [6.07, 6.45) is 97.3. The molecule has 0 aromatic rings. The summed E-state index contributed by atoms with van der Waals surface area (Å²) in [6, 6.07) is 0. The van der Waals surface area contributed by atoms with Gasteiger partial charge < -0.3 is 33.8 Å². The minimum absolute atomic E-state index is 0.0558. The predicted octanol–water partition coefficient (Wildman–Crippen LogP) is 24.1. The molecule has 0 spiro atoms. The van der Waals surface area contributed by atoms with E-state index in [1.165, 1.54) is 19.3 Å². The zero-order valence-corrected chi connectivity index (χ0v) is 68.5. The van der Waals surface area contributed by atoms with Crippen LogP contribution in [0.3, 0.4) is 0 Å². The first kappa shape index (κ1) is 102. The van der Waals surface area contributed by atoms with Crippen molar-refractivity contribution in [2.24, 2.45) is 0 Å². The maximum absolute atomic E-state index is 13.1. The molecule has 0 radical (unpaired) electrons. The lowest BCUT2D eigenvalue weighted by molar-refractivity contribution is -0.161. The molecule has 0 bridgehead atoms. The summed E-state index contributed by atoms with van der Waals surface area (Å²) in [4.78, 5) is 73.1. The maximum Gasteiger partial charge on any atom is 0.472 e. The normalized spacial score (nSPS) is 14.8. The standard InChI is InChI=1S/C89H142O17P2/c1-5-9-13-17-21-25-29-33-37-40-41-44-47-50-54-58-62-66-70-74-87(92)100-80-85(106-89(94)76-72-68-64-60-56-52-48-43-39-35-31-27-23-19-15-11-7-3)82-104-108(97,98)102-78-83(90)77-101-107(95,96)103-81-84(105-88(93)75-71-67-63-59-55-51-45-36-32-28-24-20-16-12-8-4)79-99-86(91)73-69-65-61-57-53-49-46-42-38-34-30-26-22-18-14-10-6-2/h10-12,14-16,21-28,33-39,41,44-46,49,55,57,59,61,67,71,83-85,90H,5-9,13,17-20,29-32,40,42-43,47-48,50-54,56,58,60,62-66,68-70,72-82H2,1-4H3,(H,95,96)(H,97,98)/b14-10-,15-11-,16-12-,25-21-,26-22-,27-23-,28-24-,37-33-,38-34-,39-35-,44-41-,45-36-,49-46-,59-55-,61-57-,71-67-. The van der Waals surface area contributed by atoms with Gasteiger partial charge in [-0.3, -0.25) is 37.3 Å². The fraction of sp³-hybridized carbons (Fsp3) is 0.596. The summed E-state index contributed by atoms with van der Waals surface area (Å²) < 4.78 is 68.5. The average Bonchev–Trinajstić information content (AvgIpc) is 0.906. The van der Waals surface area contributed by atoms with Crippen molar-refractivity contribution >= 4 is 39.5 Å². The number of phosphoric ester groups is 2. The van der Waals surface area contributed by atoms with Crippen molar-refractivity contribution in [1.82, 2.24) is 0 Å². The Hall–Kier alpha value is -6.10. The molecule has 5 unspecified atom stereocenters. The Bertz CT molecular complexity index is 2810. The minimum atomic E-state index is -5.03. The highest BCUT2D eigenvalue weighted by Gasteiger charge is 2.30. The van der Waals surface area contributed by atoms with E-state index in [9.17, 15) is 43.2 Å². The molecule has 0 aliphatic rings. The molecule has 0 amide bonds. The third-order valence-electron chi connectivity index (χ3n) is 16.1. The van der Waals surface area contributed by atoms with Gasteiger partial charge in [0.25, 0.3) is 0 Å². The zero-order chi connectivity index (χ0) is 78.9. The number of unbranched alkanes of at least 4 members (excludes halogenated alkanes) is 17. The molecule has 610 valence electrons. The second-order valence-electron chi connectivity index (χ2n) is 26.2. The SMILES string of the molecule is CC/C=C\C/C=C\C/C=C\C/C=C\C/C=C\CCCC(=O)OCC(COP(=O)(O)OCC(O)COP(=O)(O)OCC(COC(=O)CCCCCCCC/C=C\C/C=C\C/C=C\CCCCC)OC(=O)CCCCCCCCC/C=C\C/C=C\C/C=C\CC)OC(=O)C/C=C\C/C=C\C/C=C\C/C=C\C/C=C\CC. The molecule has 0 aliphatic carbocycles. The third-order valence-corrected chi connectivity index (χ3v) is 18.0. The number of aliphatic hydroxyl groups excluding tert-OH is 1. The molecule has 0 saturated carbocycles. The molecule has 0 aliphatic heterocycles. The van der Waals surface area contributed by atoms with Gasteiger partial charge in [0.15, 0.2) is 12.2 Å². The number of carbonyl (C=O) groups is 4. The van der Waals surface area contributed by atoms with Gasteiger partial charge in [0.2, 0.25) is 0 Å². The van der Waals surface area contributed by atoms with Crippen molar-refractivity contribution in [3.8, 4) is 0 Å². The third kappa shape index (κ3) is 78.0. The van der Waals surface area contributed by atoms with E-state index in [1.54, 1.807) is 12.2 Å². The second kappa shape index (κ2) is 79.0. The van der Waals surface area contributed by atoms with E-state index < -0.39 is 97.5 Å². The van der Waals surface area contributed by atoms with E-state index in [0.717, 1.165) is 180 Å². The molecule has 17 nitrogen and oxygen atoms in total. The van der Waals surface area contributed by atoms with Gasteiger partial charge in [0.05, 0.1) is 32.8 Å². The molecule has 19 heteroatoms. The highest BCUT2D eigenvalue weighted by Crippen LogP contribution is 2.45. The summed E-state index contributed by atoms with van der Waals surface area (Å²) in [7, 11) is -10.0. The molecule has 0 fully saturated rings. The summed E-state index contributed by atoms with van der Waals surface area (Å²) in [6.45, 7) is 4.28. The van der Waals surface area contributed by atoms with Crippen LogP contribution in [-0.2, 0) is 65.4 Å². The van der Waals surface area contributed by atoms with Crippen LogP contribution >= 0.6 is 15.6 Å². The summed E-state index contributed by atoms with van der Waals surface area (Å²) >= 11 is 0. The van der Waals surface area contributed by atoms with E-state index in [-0.39, 0.29) is 25.7 Å². The first-order valence-corrected chi connectivity index (χ1v) is 43.7. The molecule has 0 heterocycles. The second-order valence-corrected chi connectivity index (χ2v) is 29.1. The number of hydrogen-bond acceptors (Lipinski definition) is 15. The molecule has 0 aromatic heterocycles. The Labute approximate surface area is 653 Å². The van der Waals surface area contributed by atoms with Crippen LogP contribution in [0, 0.1) is 0 Å². The summed E-state index contributed by atoms with van der Waals surface area (Å²) in [5.41, 5.74) is 0. The monoisotopic (exact) mass is 1540 g/mol. The Morgan fingerprint density at radius 1 is 0.278 bits per heavy atom. The number of esters is 4. The van der Waals surface area contributed by atoms with Crippen molar-refractivity contribution in [2.75, 3.05) is 39.6 Å². The molecular formula is C89H142O17P2. The number of rotatable bonds is 74. The number of carbonyl (C=O) groups excluding carboxylic acids is 4. The van der Waals surface area contributed by atoms with Crippen LogP contribution in [-0.4, -0.2) is 96.7 Å². The van der Waals surface area contributed by atoms with Gasteiger partial charge >= 0.3 is 39.5 Å². The van der Waals surface area contributed by atoms with E-state index in [1.807, 2.05) is 24.3 Å². The highest BCUT2D eigenvalue weighted by atomic mass is 31.2. The molecule has 3 N–H and O–H groups in total. The van der Waals surface area contributed by atoms with Gasteiger partial charge in [-0.05, 0) is 161 Å². The maximum atomic E-state index is 13.1. The lowest BCUT2D eigenvalue weighted by Crippen LogP contribution is -2.30. The smallest absolute Gasteiger partial charge is 0.462 e. The summed E-state index contributed by atoms with van der Waals surface area (Å²) in [5, 5.41) is 10.7. The van der Waals surface area contributed by atoms with Crippen LogP contribution in [0.2, 0.25) is 0 Å². The van der Waals surface area contributed by atoms with Gasteiger partial charge in [0.1, 0.15) is 19.3 Å². The van der Waals surface area contributed by atoms with Gasteiger partial charge in [-0.2, -0.15) is 0 Å². The van der Waals surface area contributed by atoms with Crippen LogP contribution < -0.4 is 0 Å². The quantitative estimate of drug-likeness (QED) is 0.0169. The average molecular weight is 1550 g/mol. The largest absolute Gasteiger partial charge is 0.472 e. The Morgan fingerprint density at radius 2 is 0.528 bits per heavy atom. The van der Waals surface area contributed by atoms with Crippen LogP contribution in [0.5, 0.6) is 0 Å².